The first-order chi connectivity index (χ1) is 20.5. The fraction of sp³-hybridized carbons (Fsp3) is 0.500. The zero-order chi connectivity index (χ0) is 29.6. The minimum Gasteiger partial charge on any atom is -0.494 e. The third-order valence-electron chi connectivity index (χ3n) is 7.30. The quantitative estimate of drug-likeness (QED) is 0.166. The van der Waals surface area contributed by atoms with Gasteiger partial charge in [0.05, 0.1) is 23.7 Å². The number of carbonyl (C=O) groups excluding carboxylic acids is 4. The second-order valence-corrected chi connectivity index (χ2v) is 13.0. The minimum atomic E-state index is -0.337. The number of rotatable bonds is 19. The number of benzene rings is 2. The summed E-state index contributed by atoms with van der Waals surface area (Å²) in [6.07, 6.45) is 13.1. The Kier molecular flexibility index (Phi) is 13.1. The van der Waals surface area contributed by atoms with Crippen molar-refractivity contribution in [1.82, 2.24) is 10.6 Å². The summed E-state index contributed by atoms with van der Waals surface area (Å²) < 4.78 is 11.7. The van der Waals surface area contributed by atoms with Crippen molar-refractivity contribution in [2.45, 2.75) is 87.5 Å². The van der Waals surface area contributed by atoms with Crippen LogP contribution in [0.1, 0.15) is 75.3 Å². The first kappa shape index (κ1) is 31.9. The van der Waals surface area contributed by atoms with Crippen LogP contribution in [0.4, 0.5) is 9.59 Å². The molecular formula is C32H40N2O6S2. The molecule has 0 spiro atoms. The van der Waals surface area contributed by atoms with Crippen molar-refractivity contribution in [2.75, 3.05) is 13.2 Å². The summed E-state index contributed by atoms with van der Waals surface area (Å²) in [5.74, 6) is 1.27. The van der Waals surface area contributed by atoms with E-state index in [4.69, 9.17) is 9.47 Å². The Morgan fingerprint density at radius 3 is 1.14 bits per heavy atom. The van der Waals surface area contributed by atoms with Gasteiger partial charge in [-0.15, -0.1) is 0 Å². The Labute approximate surface area is 256 Å². The molecule has 2 atom stereocenters. The lowest BCUT2D eigenvalue weighted by atomic mass is 10.1. The lowest BCUT2D eigenvalue weighted by molar-refractivity contribution is -0.119. The van der Waals surface area contributed by atoms with E-state index < -0.39 is 0 Å². The summed E-state index contributed by atoms with van der Waals surface area (Å²) in [4.78, 5) is 46.0. The van der Waals surface area contributed by atoms with Gasteiger partial charge in [-0.1, -0.05) is 99.2 Å². The van der Waals surface area contributed by atoms with Crippen LogP contribution in [0.3, 0.4) is 0 Å². The highest BCUT2D eigenvalue weighted by molar-refractivity contribution is 8.15. The van der Waals surface area contributed by atoms with Crippen LogP contribution in [0.5, 0.6) is 11.5 Å². The first-order valence-electron chi connectivity index (χ1n) is 14.9. The van der Waals surface area contributed by atoms with Gasteiger partial charge in [0.2, 0.25) is 11.8 Å². The maximum absolute atomic E-state index is 11.7. The third-order valence-corrected chi connectivity index (χ3v) is 9.26. The molecule has 2 fully saturated rings. The lowest BCUT2D eigenvalue weighted by Gasteiger charge is -2.09. The summed E-state index contributed by atoms with van der Waals surface area (Å²) >= 11 is 2.11. The van der Waals surface area contributed by atoms with E-state index in [1.165, 1.54) is 51.4 Å². The Bertz CT molecular complexity index is 1090. The van der Waals surface area contributed by atoms with Crippen LogP contribution in [0.15, 0.2) is 48.5 Å². The van der Waals surface area contributed by atoms with Crippen molar-refractivity contribution in [2.24, 2.45) is 0 Å². The van der Waals surface area contributed by atoms with Crippen molar-refractivity contribution in [3.63, 3.8) is 0 Å². The monoisotopic (exact) mass is 612 g/mol. The molecule has 8 nitrogen and oxygen atoms in total. The minimum absolute atomic E-state index is 0.207. The lowest BCUT2D eigenvalue weighted by Crippen LogP contribution is -2.25. The van der Waals surface area contributed by atoms with Gasteiger partial charge in [0.15, 0.2) is 0 Å². The van der Waals surface area contributed by atoms with Gasteiger partial charge in [-0.05, 0) is 61.1 Å². The van der Waals surface area contributed by atoms with Gasteiger partial charge < -0.3 is 9.47 Å². The smallest absolute Gasteiger partial charge is 0.286 e. The normalized spacial score (nSPS) is 18.3. The van der Waals surface area contributed by atoms with Crippen LogP contribution in [0.25, 0.3) is 0 Å². The van der Waals surface area contributed by atoms with Crippen molar-refractivity contribution >= 4 is 45.8 Å². The Morgan fingerprint density at radius 2 is 0.833 bits per heavy atom. The topological polar surface area (TPSA) is 111 Å². The van der Waals surface area contributed by atoms with Crippen LogP contribution in [-0.4, -0.2) is 46.0 Å². The zero-order valence-corrected chi connectivity index (χ0v) is 25.6. The molecule has 0 bridgehead atoms. The number of amides is 4. The van der Waals surface area contributed by atoms with Crippen LogP contribution < -0.4 is 20.1 Å². The molecule has 2 N–H and O–H groups in total. The van der Waals surface area contributed by atoms with Gasteiger partial charge in [-0.25, -0.2) is 0 Å². The number of hydrogen-bond acceptors (Lipinski definition) is 8. The van der Waals surface area contributed by atoms with E-state index in [1.807, 2.05) is 48.5 Å². The van der Waals surface area contributed by atoms with Crippen LogP contribution >= 0.6 is 23.5 Å². The fourth-order valence-corrected chi connectivity index (χ4v) is 6.64. The van der Waals surface area contributed by atoms with Crippen molar-refractivity contribution in [3.8, 4) is 11.5 Å². The maximum Gasteiger partial charge on any atom is 0.286 e. The van der Waals surface area contributed by atoms with Gasteiger partial charge in [0.25, 0.3) is 10.5 Å². The molecule has 2 aliphatic heterocycles. The summed E-state index contributed by atoms with van der Waals surface area (Å²) in [6, 6.07) is 15.6. The highest BCUT2D eigenvalue weighted by Crippen LogP contribution is 2.25. The number of imide groups is 2. The third kappa shape index (κ3) is 11.0. The van der Waals surface area contributed by atoms with E-state index in [0.717, 1.165) is 59.0 Å². The average Bonchev–Trinajstić information content (AvgIpc) is 3.47. The van der Waals surface area contributed by atoms with Gasteiger partial charge in [-0.3, -0.25) is 29.8 Å². The SMILES string of the molecule is O=C1NC(=O)C(Cc2ccc(OCCCCCCCCCCCCOc3ccc(CC4SC(=O)NC4=O)cc3)cc2)S1. The molecule has 2 aliphatic rings. The van der Waals surface area contributed by atoms with Gasteiger partial charge >= 0.3 is 0 Å². The highest BCUT2D eigenvalue weighted by atomic mass is 32.2. The number of ether oxygens (including phenoxy) is 2. The number of thioether (sulfide) groups is 2. The van der Waals surface area contributed by atoms with Crippen molar-refractivity contribution in [1.29, 1.82) is 0 Å². The standard InChI is InChI=1S/C32H40N2O6S2/c35-29-27(41-31(37)33-29)21-23-11-15-25(16-12-23)39-19-9-7-5-3-1-2-4-6-8-10-20-40-26-17-13-24(14-18-26)22-28-30(36)34-32(38)42-28/h11-18,27-28H,1-10,19-22H2,(H,33,35,37)(H,34,36,38). The Balaban J connectivity index is 0.921. The van der Waals surface area contributed by atoms with Gasteiger partial charge in [-0.2, -0.15) is 0 Å². The Morgan fingerprint density at radius 1 is 0.500 bits per heavy atom. The summed E-state index contributed by atoms with van der Waals surface area (Å²) in [5.41, 5.74) is 2.04. The number of carbonyl (C=O) groups is 4. The predicted molar refractivity (Wildman–Crippen MR) is 167 cm³/mol. The van der Waals surface area contributed by atoms with E-state index in [1.54, 1.807) is 0 Å². The molecule has 0 aliphatic carbocycles. The summed E-state index contributed by atoms with van der Waals surface area (Å²) in [6.45, 7) is 1.42. The largest absolute Gasteiger partial charge is 0.494 e. The van der Waals surface area contributed by atoms with Crippen molar-refractivity contribution in [3.05, 3.63) is 59.7 Å². The first-order valence-corrected chi connectivity index (χ1v) is 16.7. The predicted octanol–water partition coefficient (Wildman–Crippen LogP) is 6.83. The molecule has 4 amide bonds. The molecule has 2 unspecified atom stereocenters. The summed E-state index contributed by atoms with van der Waals surface area (Å²) in [5, 5.41) is 3.44. The molecule has 4 rings (SSSR count). The van der Waals surface area contributed by atoms with Crippen LogP contribution in [-0.2, 0) is 22.4 Å². The van der Waals surface area contributed by atoms with E-state index in [-0.39, 0.29) is 32.8 Å². The molecular weight excluding hydrogens is 572 g/mol. The second kappa shape index (κ2) is 17.2. The molecule has 2 saturated heterocycles. The van der Waals surface area contributed by atoms with Gasteiger partial charge in [0.1, 0.15) is 11.5 Å². The molecule has 226 valence electrons. The Hall–Kier alpha value is -2.98. The molecule has 0 radical (unpaired) electrons. The van der Waals surface area contributed by atoms with E-state index in [2.05, 4.69) is 10.6 Å². The molecule has 0 aromatic heterocycles. The van der Waals surface area contributed by atoms with E-state index >= 15 is 0 Å². The molecule has 2 aromatic carbocycles. The van der Waals surface area contributed by atoms with E-state index in [0.29, 0.717) is 26.1 Å². The van der Waals surface area contributed by atoms with Crippen LogP contribution in [0, 0.1) is 0 Å². The molecule has 2 aromatic rings. The summed E-state index contributed by atoms with van der Waals surface area (Å²) in [7, 11) is 0. The van der Waals surface area contributed by atoms with E-state index in [9.17, 15) is 19.2 Å². The molecule has 10 heteroatoms. The maximum atomic E-state index is 11.7. The number of nitrogens with one attached hydrogen (secondary N) is 2. The highest BCUT2D eigenvalue weighted by Gasteiger charge is 2.32. The number of unbranched alkanes of at least 4 members (excludes halogenated alkanes) is 9. The van der Waals surface area contributed by atoms with Crippen molar-refractivity contribution < 1.29 is 28.7 Å². The second-order valence-electron chi connectivity index (χ2n) is 10.7. The molecule has 2 heterocycles. The zero-order valence-electron chi connectivity index (χ0n) is 23.9. The fourth-order valence-electron chi connectivity index (χ4n) is 4.93. The average molecular weight is 613 g/mol. The number of hydrogen-bond donors (Lipinski definition) is 2. The molecule has 42 heavy (non-hydrogen) atoms. The molecule has 0 saturated carbocycles. The van der Waals surface area contributed by atoms with Gasteiger partial charge in [0, 0.05) is 0 Å². The van der Waals surface area contributed by atoms with Crippen LogP contribution in [0.2, 0.25) is 0 Å².